The Morgan fingerprint density at radius 2 is 1.66 bits per heavy atom. The average Bonchev–Trinajstić information content (AvgIpc) is 2.65. The SMILES string of the molecule is CC(C)C[C@H](NC(=O)[C@@H](NC(=O)[C@@H](N)CSCc1ccccc1)C(C)C)C(=O)O. The molecule has 0 aromatic heterocycles. The molecule has 0 unspecified atom stereocenters. The average molecular weight is 424 g/mol. The molecule has 0 radical (unpaired) electrons. The summed E-state index contributed by atoms with van der Waals surface area (Å²) in [6.45, 7) is 7.35. The van der Waals surface area contributed by atoms with Gasteiger partial charge in [0, 0.05) is 11.5 Å². The Labute approximate surface area is 177 Å². The summed E-state index contributed by atoms with van der Waals surface area (Å²) in [5.74, 6) is -0.963. The van der Waals surface area contributed by atoms with Gasteiger partial charge in [-0.2, -0.15) is 11.8 Å². The van der Waals surface area contributed by atoms with Crippen LogP contribution in [0.15, 0.2) is 30.3 Å². The van der Waals surface area contributed by atoms with Gasteiger partial charge in [-0.05, 0) is 23.8 Å². The van der Waals surface area contributed by atoms with Gasteiger partial charge < -0.3 is 21.5 Å². The summed E-state index contributed by atoms with van der Waals surface area (Å²) < 4.78 is 0. The Kier molecular flexibility index (Phi) is 10.8. The van der Waals surface area contributed by atoms with Gasteiger partial charge in [0.15, 0.2) is 0 Å². The molecule has 8 heteroatoms. The first-order valence-electron chi connectivity index (χ1n) is 9.82. The van der Waals surface area contributed by atoms with E-state index in [2.05, 4.69) is 10.6 Å². The predicted molar refractivity (Wildman–Crippen MR) is 116 cm³/mol. The van der Waals surface area contributed by atoms with Crippen molar-refractivity contribution in [2.45, 2.75) is 58.0 Å². The quantitative estimate of drug-likeness (QED) is 0.408. The fourth-order valence-electron chi connectivity index (χ4n) is 2.70. The zero-order valence-corrected chi connectivity index (χ0v) is 18.4. The summed E-state index contributed by atoms with van der Waals surface area (Å²) in [5, 5.41) is 14.5. The van der Waals surface area contributed by atoms with Gasteiger partial charge in [0.1, 0.15) is 12.1 Å². The number of carboxylic acids is 1. The van der Waals surface area contributed by atoms with Crippen LogP contribution in [-0.4, -0.2) is 46.8 Å². The largest absolute Gasteiger partial charge is 0.480 e. The summed E-state index contributed by atoms with van der Waals surface area (Å²) in [6, 6.07) is 7.28. The molecule has 1 aromatic carbocycles. The number of benzene rings is 1. The van der Waals surface area contributed by atoms with Crippen LogP contribution >= 0.6 is 11.8 Å². The molecule has 162 valence electrons. The molecule has 0 aliphatic rings. The molecule has 1 rings (SSSR count). The normalized spacial score (nSPS) is 14.3. The summed E-state index contributed by atoms with van der Waals surface area (Å²) in [4.78, 5) is 36.5. The van der Waals surface area contributed by atoms with Crippen LogP contribution in [0, 0.1) is 11.8 Å². The third-order valence-electron chi connectivity index (χ3n) is 4.31. The molecule has 7 nitrogen and oxygen atoms in total. The van der Waals surface area contributed by atoms with Crippen LogP contribution in [-0.2, 0) is 20.1 Å². The van der Waals surface area contributed by atoms with E-state index in [0.717, 1.165) is 11.3 Å². The van der Waals surface area contributed by atoms with Gasteiger partial charge in [0.25, 0.3) is 0 Å². The van der Waals surface area contributed by atoms with Crippen molar-refractivity contribution in [1.29, 1.82) is 0 Å². The lowest BCUT2D eigenvalue weighted by molar-refractivity contribution is -0.143. The van der Waals surface area contributed by atoms with Crippen molar-refractivity contribution in [3.63, 3.8) is 0 Å². The molecule has 0 saturated carbocycles. The second kappa shape index (κ2) is 12.5. The molecule has 0 heterocycles. The number of aliphatic carboxylic acids is 1. The Morgan fingerprint density at radius 1 is 1.03 bits per heavy atom. The van der Waals surface area contributed by atoms with Crippen LogP contribution in [0.2, 0.25) is 0 Å². The number of rotatable bonds is 12. The molecule has 0 bridgehead atoms. The van der Waals surface area contributed by atoms with E-state index in [4.69, 9.17) is 5.73 Å². The monoisotopic (exact) mass is 423 g/mol. The molecule has 0 spiro atoms. The molecule has 3 atom stereocenters. The van der Waals surface area contributed by atoms with Crippen LogP contribution in [0.25, 0.3) is 0 Å². The van der Waals surface area contributed by atoms with Gasteiger partial charge >= 0.3 is 5.97 Å². The van der Waals surface area contributed by atoms with Crippen molar-refractivity contribution in [3.8, 4) is 0 Å². The highest BCUT2D eigenvalue weighted by atomic mass is 32.2. The van der Waals surface area contributed by atoms with Crippen molar-refractivity contribution < 1.29 is 19.5 Å². The highest BCUT2D eigenvalue weighted by Crippen LogP contribution is 2.13. The maximum atomic E-state index is 12.6. The lowest BCUT2D eigenvalue weighted by Gasteiger charge is -2.25. The molecule has 0 fully saturated rings. The number of carboxylic acid groups (broad SMARTS) is 1. The molecular formula is C21H33N3O4S. The molecule has 1 aromatic rings. The predicted octanol–water partition coefficient (Wildman–Crippen LogP) is 2.00. The Morgan fingerprint density at radius 3 is 2.17 bits per heavy atom. The molecule has 0 aliphatic heterocycles. The van der Waals surface area contributed by atoms with Crippen molar-refractivity contribution in [3.05, 3.63) is 35.9 Å². The van der Waals surface area contributed by atoms with E-state index in [0.29, 0.717) is 12.2 Å². The Balaban J connectivity index is 2.60. The lowest BCUT2D eigenvalue weighted by Crippen LogP contribution is -2.56. The standard InChI is InChI=1S/C21H33N3O4S/c1-13(2)10-17(21(27)28)23-20(26)18(14(3)4)24-19(25)16(22)12-29-11-15-8-6-5-7-9-15/h5-9,13-14,16-18H,10-12,22H2,1-4H3,(H,23,26)(H,24,25)(H,27,28)/t16-,17-,18-/m0/s1. The smallest absolute Gasteiger partial charge is 0.326 e. The fourth-order valence-corrected chi connectivity index (χ4v) is 3.65. The minimum Gasteiger partial charge on any atom is -0.480 e. The number of carbonyl (C=O) groups excluding carboxylic acids is 2. The van der Waals surface area contributed by atoms with Gasteiger partial charge in [-0.25, -0.2) is 4.79 Å². The molecule has 5 N–H and O–H groups in total. The fraction of sp³-hybridized carbons (Fsp3) is 0.571. The zero-order chi connectivity index (χ0) is 22.0. The number of amides is 2. The van der Waals surface area contributed by atoms with Gasteiger partial charge in [-0.15, -0.1) is 0 Å². The molecular weight excluding hydrogens is 390 g/mol. The maximum absolute atomic E-state index is 12.6. The zero-order valence-electron chi connectivity index (χ0n) is 17.6. The second-order valence-electron chi connectivity index (χ2n) is 7.87. The number of nitrogens with two attached hydrogens (primary N) is 1. The maximum Gasteiger partial charge on any atom is 0.326 e. The molecule has 29 heavy (non-hydrogen) atoms. The molecule has 0 aliphatic carbocycles. The van der Waals surface area contributed by atoms with E-state index in [1.807, 2.05) is 44.2 Å². The van der Waals surface area contributed by atoms with E-state index in [1.165, 1.54) is 0 Å². The third-order valence-corrected chi connectivity index (χ3v) is 5.45. The lowest BCUT2D eigenvalue weighted by atomic mass is 10.00. The summed E-state index contributed by atoms with van der Waals surface area (Å²) in [5.41, 5.74) is 7.13. The van der Waals surface area contributed by atoms with Gasteiger partial charge in [-0.3, -0.25) is 9.59 Å². The van der Waals surface area contributed by atoms with Crippen molar-refractivity contribution in [2.75, 3.05) is 5.75 Å². The van der Waals surface area contributed by atoms with E-state index < -0.39 is 35.9 Å². The van der Waals surface area contributed by atoms with Gasteiger partial charge in [0.05, 0.1) is 6.04 Å². The van der Waals surface area contributed by atoms with E-state index in [1.54, 1.807) is 25.6 Å². The topological polar surface area (TPSA) is 122 Å². The highest BCUT2D eigenvalue weighted by molar-refractivity contribution is 7.98. The molecule has 2 amide bonds. The summed E-state index contributed by atoms with van der Waals surface area (Å²) >= 11 is 1.54. The first kappa shape index (κ1) is 25.0. The van der Waals surface area contributed by atoms with Crippen molar-refractivity contribution in [1.82, 2.24) is 10.6 Å². The highest BCUT2D eigenvalue weighted by Gasteiger charge is 2.30. The summed E-state index contributed by atoms with van der Waals surface area (Å²) in [6.07, 6.45) is 0.315. The first-order chi connectivity index (χ1) is 13.6. The van der Waals surface area contributed by atoms with Gasteiger partial charge in [0.2, 0.25) is 11.8 Å². The minimum atomic E-state index is -1.09. The minimum absolute atomic E-state index is 0.110. The van der Waals surface area contributed by atoms with Crippen molar-refractivity contribution >= 4 is 29.5 Å². The van der Waals surface area contributed by atoms with E-state index in [9.17, 15) is 19.5 Å². The molecule has 0 saturated heterocycles. The van der Waals surface area contributed by atoms with Crippen LogP contribution in [0.4, 0.5) is 0 Å². The number of carbonyl (C=O) groups is 3. The summed E-state index contributed by atoms with van der Waals surface area (Å²) in [7, 11) is 0. The Hall–Kier alpha value is -2.06. The van der Waals surface area contributed by atoms with Crippen LogP contribution in [0.3, 0.4) is 0 Å². The number of hydrogen-bond acceptors (Lipinski definition) is 5. The van der Waals surface area contributed by atoms with E-state index in [-0.39, 0.29) is 11.8 Å². The first-order valence-corrected chi connectivity index (χ1v) is 11.0. The second-order valence-corrected chi connectivity index (χ2v) is 8.90. The van der Waals surface area contributed by atoms with Crippen LogP contribution < -0.4 is 16.4 Å². The number of hydrogen-bond donors (Lipinski definition) is 4. The van der Waals surface area contributed by atoms with Gasteiger partial charge in [-0.1, -0.05) is 58.0 Å². The number of thioether (sulfide) groups is 1. The van der Waals surface area contributed by atoms with E-state index >= 15 is 0 Å². The van der Waals surface area contributed by atoms with Crippen molar-refractivity contribution in [2.24, 2.45) is 17.6 Å². The van der Waals surface area contributed by atoms with Crippen LogP contribution in [0.1, 0.15) is 39.7 Å². The third kappa shape index (κ3) is 9.32. The Bertz CT molecular complexity index is 667. The van der Waals surface area contributed by atoms with Crippen LogP contribution in [0.5, 0.6) is 0 Å². The number of nitrogens with one attached hydrogen (secondary N) is 2.